The van der Waals surface area contributed by atoms with Crippen LogP contribution in [0.25, 0.3) is 0 Å². The monoisotopic (exact) mass is 457 g/mol. The molecular weight excluding hydrogens is 426 g/mol. The number of benzene rings is 2. The largest absolute Gasteiger partial charge is 0.490 e. The van der Waals surface area contributed by atoms with Crippen LogP contribution in [0.2, 0.25) is 0 Å². The average Bonchev–Trinajstić information content (AvgIpc) is 2.79. The third-order valence-electron chi connectivity index (χ3n) is 4.48. The Morgan fingerprint density at radius 2 is 1.36 bits per heavy atom. The van der Waals surface area contributed by atoms with Gasteiger partial charge in [-0.25, -0.2) is 4.79 Å². The standard InChI is InChI=1S/C25H31NO7/c1-6-30-21-13-18(14-22(31-7-2)23(21)32-8-3)25(29)33-15-20(27)17-9-11-19(12-10-17)26-24(28)16(4)5/h9-14,16H,6-8,15H2,1-5H3,(H,26,28). The van der Waals surface area contributed by atoms with Gasteiger partial charge in [-0.05, 0) is 57.2 Å². The summed E-state index contributed by atoms with van der Waals surface area (Å²) < 4.78 is 22.1. The summed E-state index contributed by atoms with van der Waals surface area (Å²) in [7, 11) is 0. The molecule has 0 aliphatic carbocycles. The van der Waals surface area contributed by atoms with E-state index < -0.39 is 12.6 Å². The van der Waals surface area contributed by atoms with Crippen LogP contribution >= 0.6 is 0 Å². The molecular formula is C25H31NO7. The van der Waals surface area contributed by atoms with Gasteiger partial charge in [-0.1, -0.05) is 13.8 Å². The number of nitrogens with one attached hydrogen (secondary N) is 1. The molecule has 0 saturated heterocycles. The van der Waals surface area contributed by atoms with Crippen LogP contribution in [0.15, 0.2) is 36.4 Å². The van der Waals surface area contributed by atoms with Gasteiger partial charge in [0.05, 0.1) is 25.4 Å². The van der Waals surface area contributed by atoms with Gasteiger partial charge in [-0.15, -0.1) is 0 Å². The zero-order chi connectivity index (χ0) is 24.4. The van der Waals surface area contributed by atoms with Crippen LogP contribution in [-0.4, -0.2) is 44.1 Å². The first kappa shape index (κ1) is 25.7. The van der Waals surface area contributed by atoms with E-state index in [1.807, 2.05) is 20.8 Å². The molecule has 2 aromatic rings. The molecule has 33 heavy (non-hydrogen) atoms. The van der Waals surface area contributed by atoms with Crippen molar-refractivity contribution in [2.75, 3.05) is 31.7 Å². The third kappa shape index (κ3) is 7.24. The van der Waals surface area contributed by atoms with Crippen molar-refractivity contribution in [1.29, 1.82) is 0 Å². The molecule has 1 amide bonds. The number of carbonyl (C=O) groups excluding carboxylic acids is 3. The molecule has 0 fully saturated rings. The van der Waals surface area contributed by atoms with Crippen molar-refractivity contribution in [1.82, 2.24) is 0 Å². The quantitative estimate of drug-likeness (QED) is 0.369. The second kappa shape index (κ2) is 12.5. The fraction of sp³-hybridized carbons (Fsp3) is 0.400. The number of esters is 1. The second-order valence-corrected chi connectivity index (χ2v) is 7.32. The van der Waals surface area contributed by atoms with E-state index >= 15 is 0 Å². The highest BCUT2D eigenvalue weighted by Crippen LogP contribution is 2.39. The van der Waals surface area contributed by atoms with Crippen LogP contribution in [0.1, 0.15) is 55.3 Å². The average molecular weight is 458 g/mol. The molecule has 2 rings (SSSR count). The molecule has 178 valence electrons. The maximum absolute atomic E-state index is 12.6. The van der Waals surface area contributed by atoms with E-state index in [9.17, 15) is 14.4 Å². The normalized spacial score (nSPS) is 10.5. The molecule has 0 unspecified atom stereocenters. The molecule has 0 radical (unpaired) electrons. The highest BCUT2D eigenvalue weighted by Gasteiger charge is 2.20. The van der Waals surface area contributed by atoms with Crippen molar-refractivity contribution >= 4 is 23.3 Å². The van der Waals surface area contributed by atoms with E-state index in [4.69, 9.17) is 18.9 Å². The maximum Gasteiger partial charge on any atom is 0.338 e. The molecule has 0 aliphatic heterocycles. The molecule has 0 bridgehead atoms. The van der Waals surface area contributed by atoms with Crippen LogP contribution in [-0.2, 0) is 9.53 Å². The number of ketones is 1. The summed E-state index contributed by atoms with van der Waals surface area (Å²) in [6.07, 6.45) is 0. The lowest BCUT2D eigenvalue weighted by Crippen LogP contribution is -2.18. The first-order valence-electron chi connectivity index (χ1n) is 11.0. The van der Waals surface area contributed by atoms with E-state index in [0.29, 0.717) is 48.3 Å². The first-order valence-corrected chi connectivity index (χ1v) is 11.0. The summed E-state index contributed by atoms with van der Waals surface area (Å²) in [5, 5.41) is 2.75. The van der Waals surface area contributed by atoms with E-state index in [-0.39, 0.29) is 23.2 Å². The van der Waals surface area contributed by atoms with Gasteiger partial charge >= 0.3 is 5.97 Å². The summed E-state index contributed by atoms with van der Waals surface area (Å²) in [4.78, 5) is 36.9. The van der Waals surface area contributed by atoms with Crippen LogP contribution in [0.3, 0.4) is 0 Å². The third-order valence-corrected chi connectivity index (χ3v) is 4.48. The summed E-state index contributed by atoms with van der Waals surface area (Å²) in [6.45, 7) is 9.77. The highest BCUT2D eigenvalue weighted by atomic mass is 16.5. The minimum absolute atomic E-state index is 0.115. The molecule has 0 atom stereocenters. The van der Waals surface area contributed by atoms with Crippen LogP contribution in [0.4, 0.5) is 5.69 Å². The Kier molecular flexibility index (Phi) is 9.72. The number of Topliss-reactive ketones (excluding diaryl/α,β-unsaturated/α-hetero) is 1. The number of anilines is 1. The van der Waals surface area contributed by atoms with Gasteiger partial charge in [-0.3, -0.25) is 9.59 Å². The molecule has 1 N–H and O–H groups in total. The molecule has 8 heteroatoms. The highest BCUT2D eigenvalue weighted by molar-refractivity contribution is 6.00. The van der Waals surface area contributed by atoms with Crippen molar-refractivity contribution in [3.63, 3.8) is 0 Å². The molecule has 0 heterocycles. The summed E-state index contributed by atoms with van der Waals surface area (Å²) in [5.41, 5.74) is 1.13. The van der Waals surface area contributed by atoms with Gasteiger partial charge < -0.3 is 24.3 Å². The Labute approximate surface area is 194 Å². The molecule has 0 spiro atoms. The Hall–Kier alpha value is -3.55. The maximum atomic E-state index is 12.6. The predicted octanol–water partition coefficient (Wildman–Crippen LogP) is 4.52. The van der Waals surface area contributed by atoms with Crippen molar-refractivity contribution in [3.05, 3.63) is 47.5 Å². The molecule has 2 aromatic carbocycles. The predicted molar refractivity (Wildman–Crippen MR) is 124 cm³/mol. The SMILES string of the molecule is CCOc1cc(C(=O)OCC(=O)c2ccc(NC(=O)C(C)C)cc2)cc(OCC)c1OCC. The van der Waals surface area contributed by atoms with Crippen LogP contribution < -0.4 is 19.5 Å². The van der Waals surface area contributed by atoms with Crippen LogP contribution in [0, 0.1) is 5.92 Å². The van der Waals surface area contributed by atoms with Gasteiger partial charge in [0.25, 0.3) is 0 Å². The molecule has 0 aromatic heterocycles. The summed E-state index contributed by atoms with van der Waals surface area (Å²) in [6, 6.07) is 9.42. The molecule has 0 saturated carbocycles. The minimum atomic E-state index is -0.686. The summed E-state index contributed by atoms with van der Waals surface area (Å²) >= 11 is 0. The number of ether oxygens (including phenoxy) is 4. The number of hydrogen-bond donors (Lipinski definition) is 1. The molecule has 0 aliphatic rings. The lowest BCUT2D eigenvalue weighted by molar-refractivity contribution is -0.118. The van der Waals surface area contributed by atoms with Crippen molar-refractivity contribution < 1.29 is 33.3 Å². The van der Waals surface area contributed by atoms with E-state index in [1.54, 1.807) is 38.1 Å². The fourth-order valence-electron chi connectivity index (χ4n) is 2.83. The number of amides is 1. The second-order valence-electron chi connectivity index (χ2n) is 7.32. The lowest BCUT2D eigenvalue weighted by atomic mass is 10.1. The van der Waals surface area contributed by atoms with Gasteiger partial charge in [0.15, 0.2) is 23.9 Å². The number of rotatable bonds is 12. The number of carbonyl (C=O) groups is 3. The Morgan fingerprint density at radius 3 is 1.85 bits per heavy atom. The van der Waals surface area contributed by atoms with E-state index in [1.165, 1.54) is 12.1 Å². The lowest BCUT2D eigenvalue weighted by Gasteiger charge is -2.16. The Balaban J connectivity index is 2.10. The zero-order valence-electron chi connectivity index (χ0n) is 19.7. The van der Waals surface area contributed by atoms with Gasteiger partial charge in [-0.2, -0.15) is 0 Å². The Bertz CT molecular complexity index is 940. The summed E-state index contributed by atoms with van der Waals surface area (Å²) in [5.74, 6) is -0.181. The molecule has 8 nitrogen and oxygen atoms in total. The van der Waals surface area contributed by atoms with Gasteiger partial charge in [0.2, 0.25) is 11.7 Å². The van der Waals surface area contributed by atoms with E-state index in [0.717, 1.165) is 0 Å². The smallest absolute Gasteiger partial charge is 0.338 e. The van der Waals surface area contributed by atoms with Crippen molar-refractivity contribution in [2.45, 2.75) is 34.6 Å². The zero-order valence-corrected chi connectivity index (χ0v) is 19.7. The fourth-order valence-corrected chi connectivity index (χ4v) is 2.83. The van der Waals surface area contributed by atoms with Gasteiger partial charge in [0.1, 0.15) is 0 Å². The number of hydrogen-bond acceptors (Lipinski definition) is 7. The topological polar surface area (TPSA) is 100 Å². The first-order chi connectivity index (χ1) is 15.8. The Morgan fingerprint density at radius 1 is 0.818 bits per heavy atom. The van der Waals surface area contributed by atoms with Crippen molar-refractivity contribution in [3.8, 4) is 17.2 Å². The van der Waals surface area contributed by atoms with Crippen molar-refractivity contribution in [2.24, 2.45) is 5.92 Å². The van der Waals surface area contributed by atoms with Gasteiger partial charge in [0, 0.05) is 17.2 Å². The minimum Gasteiger partial charge on any atom is -0.490 e. The van der Waals surface area contributed by atoms with Crippen LogP contribution in [0.5, 0.6) is 17.2 Å². The van der Waals surface area contributed by atoms with E-state index in [2.05, 4.69) is 5.32 Å².